The average molecular weight is 404 g/mol. The zero-order valence-corrected chi connectivity index (χ0v) is 16.4. The number of halogens is 1. The molecule has 6 heteroatoms. The first-order valence-electron chi connectivity index (χ1n) is 9.43. The summed E-state index contributed by atoms with van der Waals surface area (Å²) in [6.45, 7) is 2.41. The second-order valence-electron chi connectivity index (χ2n) is 6.31. The minimum atomic E-state index is -0.577. The van der Waals surface area contributed by atoms with E-state index in [0.717, 1.165) is 0 Å². The highest BCUT2D eigenvalue weighted by Crippen LogP contribution is 2.17. The van der Waals surface area contributed by atoms with E-state index in [4.69, 9.17) is 4.74 Å². The molecule has 0 spiro atoms. The molecule has 30 heavy (non-hydrogen) atoms. The molecule has 0 aliphatic rings. The standard InChI is InChI=1S/C24H21FN2O3/c1-2-30-20-14-12-19(13-15-20)26-24(29)22(16-18-10-6-7-11-21(18)25)27-23(28)17-8-4-3-5-9-17/h3-16H,2H2,1H3,(H,26,29)(H,27,28)/b22-16+. The molecule has 3 rings (SSSR count). The van der Waals surface area contributed by atoms with Gasteiger partial charge in [-0.05, 0) is 55.5 Å². The molecule has 0 aromatic heterocycles. The maximum Gasteiger partial charge on any atom is 0.272 e. The molecule has 0 aliphatic heterocycles. The van der Waals surface area contributed by atoms with Crippen LogP contribution in [0, 0.1) is 5.82 Å². The monoisotopic (exact) mass is 404 g/mol. The molecule has 0 heterocycles. The molecule has 5 nitrogen and oxygen atoms in total. The molecule has 0 unspecified atom stereocenters. The van der Waals surface area contributed by atoms with Gasteiger partial charge in [-0.2, -0.15) is 0 Å². The molecule has 2 N–H and O–H groups in total. The van der Waals surface area contributed by atoms with E-state index in [0.29, 0.717) is 23.6 Å². The van der Waals surface area contributed by atoms with Gasteiger partial charge in [0.1, 0.15) is 17.3 Å². The van der Waals surface area contributed by atoms with Crippen LogP contribution in [0.4, 0.5) is 10.1 Å². The SMILES string of the molecule is CCOc1ccc(NC(=O)/C(=C\c2ccccc2F)NC(=O)c2ccccc2)cc1. The molecule has 0 radical (unpaired) electrons. The van der Waals surface area contributed by atoms with Gasteiger partial charge in [-0.1, -0.05) is 36.4 Å². The third-order valence-electron chi connectivity index (χ3n) is 4.16. The summed E-state index contributed by atoms with van der Waals surface area (Å²) in [6, 6.07) is 21.3. The molecule has 3 aromatic rings. The van der Waals surface area contributed by atoms with Crippen molar-refractivity contribution in [3.8, 4) is 5.75 Å². The summed E-state index contributed by atoms with van der Waals surface area (Å²) in [4.78, 5) is 25.4. The first-order chi connectivity index (χ1) is 14.6. The Labute approximate surface area is 174 Å². The summed E-state index contributed by atoms with van der Waals surface area (Å²) >= 11 is 0. The van der Waals surface area contributed by atoms with Crippen molar-refractivity contribution in [2.45, 2.75) is 6.92 Å². The number of benzene rings is 3. The van der Waals surface area contributed by atoms with Gasteiger partial charge in [0.2, 0.25) is 0 Å². The van der Waals surface area contributed by atoms with Crippen LogP contribution in [0.3, 0.4) is 0 Å². The Kier molecular flexibility index (Phi) is 6.95. The molecule has 0 saturated carbocycles. The lowest BCUT2D eigenvalue weighted by Crippen LogP contribution is -2.30. The van der Waals surface area contributed by atoms with Crippen LogP contribution in [-0.2, 0) is 4.79 Å². The third kappa shape index (κ3) is 5.54. The van der Waals surface area contributed by atoms with Gasteiger partial charge in [-0.3, -0.25) is 9.59 Å². The largest absolute Gasteiger partial charge is 0.494 e. The molecule has 152 valence electrons. The van der Waals surface area contributed by atoms with Crippen LogP contribution >= 0.6 is 0 Å². The first kappa shape index (κ1) is 20.8. The first-order valence-corrected chi connectivity index (χ1v) is 9.43. The van der Waals surface area contributed by atoms with Gasteiger partial charge in [-0.15, -0.1) is 0 Å². The van der Waals surface area contributed by atoms with Crippen molar-refractivity contribution < 1.29 is 18.7 Å². The Balaban J connectivity index is 1.85. The van der Waals surface area contributed by atoms with Crippen LogP contribution < -0.4 is 15.4 Å². The predicted molar refractivity (Wildman–Crippen MR) is 115 cm³/mol. The lowest BCUT2D eigenvalue weighted by Gasteiger charge is -2.12. The Hall–Kier alpha value is -3.93. The minimum Gasteiger partial charge on any atom is -0.494 e. The molecule has 0 fully saturated rings. The van der Waals surface area contributed by atoms with E-state index in [9.17, 15) is 14.0 Å². The summed E-state index contributed by atoms with van der Waals surface area (Å²) in [5, 5.41) is 5.29. The van der Waals surface area contributed by atoms with Crippen LogP contribution in [0.5, 0.6) is 5.75 Å². The summed E-state index contributed by atoms with van der Waals surface area (Å²) in [7, 11) is 0. The number of carbonyl (C=O) groups excluding carboxylic acids is 2. The van der Waals surface area contributed by atoms with E-state index in [1.54, 1.807) is 66.7 Å². The van der Waals surface area contributed by atoms with E-state index >= 15 is 0 Å². The van der Waals surface area contributed by atoms with Gasteiger partial charge >= 0.3 is 0 Å². The number of ether oxygens (including phenoxy) is 1. The fourth-order valence-corrected chi connectivity index (χ4v) is 2.69. The number of hydrogen-bond donors (Lipinski definition) is 2. The van der Waals surface area contributed by atoms with Gasteiger partial charge in [-0.25, -0.2) is 4.39 Å². The average Bonchev–Trinajstić information content (AvgIpc) is 2.77. The highest BCUT2D eigenvalue weighted by atomic mass is 19.1. The van der Waals surface area contributed by atoms with Gasteiger partial charge in [0.15, 0.2) is 0 Å². The topological polar surface area (TPSA) is 67.4 Å². The third-order valence-corrected chi connectivity index (χ3v) is 4.16. The summed E-state index contributed by atoms with van der Waals surface area (Å²) in [5.41, 5.74) is 0.994. The van der Waals surface area contributed by atoms with Crippen LogP contribution in [0.25, 0.3) is 6.08 Å². The second kappa shape index (κ2) is 10.0. The predicted octanol–water partition coefficient (Wildman–Crippen LogP) is 4.63. The number of carbonyl (C=O) groups is 2. The quantitative estimate of drug-likeness (QED) is 0.564. The lowest BCUT2D eigenvalue weighted by atomic mass is 10.1. The summed E-state index contributed by atoms with van der Waals surface area (Å²) < 4.78 is 19.5. The minimum absolute atomic E-state index is 0.0807. The molecule has 2 amide bonds. The molecule has 0 atom stereocenters. The molecular formula is C24H21FN2O3. The number of hydrogen-bond acceptors (Lipinski definition) is 3. The maximum absolute atomic E-state index is 14.1. The molecule has 3 aromatic carbocycles. The van der Waals surface area contributed by atoms with Gasteiger partial charge in [0.05, 0.1) is 6.61 Å². The lowest BCUT2D eigenvalue weighted by molar-refractivity contribution is -0.113. The Bertz CT molecular complexity index is 1050. The molecule has 0 bridgehead atoms. The van der Waals surface area contributed by atoms with Gasteiger partial charge < -0.3 is 15.4 Å². The number of nitrogens with one attached hydrogen (secondary N) is 2. The van der Waals surface area contributed by atoms with Crippen molar-refractivity contribution in [2.75, 3.05) is 11.9 Å². The normalized spacial score (nSPS) is 10.9. The van der Waals surface area contributed by atoms with Crippen molar-refractivity contribution in [3.05, 3.63) is 102 Å². The zero-order chi connectivity index (χ0) is 21.3. The Morgan fingerprint density at radius 2 is 1.60 bits per heavy atom. The van der Waals surface area contributed by atoms with Crippen molar-refractivity contribution in [1.82, 2.24) is 5.32 Å². The second-order valence-corrected chi connectivity index (χ2v) is 6.31. The highest BCUT2D eigenvalue weighted by Gasteiger charge is 2.16. The van der Waals surface area contributed by atoms with Crippen molar-refractivity contribution in [3.63, 3.8) is 0 Å². The number of anilines is 1. The summed E-state index contributed by atoms with van der Waals surface area (Å²) in [5.74, 6) is -0.875. The van der Waals surface area contributed by atoms with Crippen molar-refractivity contribution in [1.29, 1.82) is 0 Å². The molecule has 0 aliphatic carbocycles. The maximum atomic E-state index is 14.1. The van der Waals surface area contributed by atoms with Crippen molar-refractivity contribution >= 4 is 23.6 Å². The van der Waals surface area contributed by atoms with Crippen LogP contribution in [0.1, 0.15) is 22.8 Å². The highest BCUT2D eigenvalue weighted by molar-refractivity contribution is 6.10. The van der Waals surface area contributed by atoms with Crippen LogP contribution in [0.15, 0.2) is 84.6 Å². The van der Waals surface area contributed by atoms with Crippen molar-refractivity contribution in [2.24, 2.45) is 0 Å². The summed E-state index contributed by atoms with van der Waals surface area (Å²) in [6.07, 6.45) is 1.31. The van der Waals surface area contributed by atoms with E-state index in [1.807, 2.05) is 6.92 Å². The molecule has 0 saturated heterocycles. The fraction of sp³-hybridized carbons (Fsp3) is 0.0833. The Morgan fingerprint density at radius 1 is 0.933 bits per heavy atom. The smallest absolute Gasteiger partial charge is 0.272 e. The Morgan fingerprint density at radius 3 is 2.27 bits per heavy atom. The van der Waals surface area contributed by atoms with Crippen LogP contribution in [0.2, 0.25) is 0 Å². The number of amides is 2. The van der Waals surface area contributed by atoms with E-state index < -0.39 is 17.6 Å². The fourth-order valence-electron chi connectivity index (χ4n) is 2.69. The van der Waals surface area contributed by atoms with E-state index in [-0.39, 0.29) is 11.3 Å². The van der Waals surface area contributed by atoms with E-state index in [1.165, 1.54) is 18.2 Å². The van der Waals surface area contributed by atoms with Gasteiger partial charge in [0, 0.05) is 16.8 Å². The van der Waals surface area contributed by atoms with E-state index in [2.05, 4.69) is 10.6 Å². The zero-order valence-electron chi connectivity index (χ0n) is 16.4. The van der Waals surface area contributed by atoms with Gasteiger partial charge in [0.25, 0.3) is 11.8 Å². The molecular weight excluding hydrogens is 383 g/mol. The van der Waals surface area contributed by atoms with Crippen LogP contribution in [-0.4, -0.2) is 18.4 Å². The number of rotatable bonds is 7.